The molecule has 0 amide bonds. The number of halogens is 1. The van der Waals surface area contributed by atoms with E-state index in [2.05, 4.69) is 85.5 Å². The van der Waals surface area contributed by atoms with Gasteiger partial charge in [0.25, 0.3) is 0 Å². The summed E-state index contributed by atoms with van der Waals surface area (Å²) >= 11 is 0. The van der Waals surface area contributed by atoms with Gasteiger partial charge in [0, 0.05) is 25.0 Å². The van der Waals surface area contributed by atoms with E-state index in [1.165, 1.54) is 21.9 Å². The third-order valence-electron chi connectivity index (χ3n) is 4.77. The largest absolute Gasteiger partial charge is 0.303 e. The van der Waals surface area contributed by atoms with E-state index < -0.39 is 0 Å². The molecule has 0 spiro atoms. The van der Waals surface area contributed by atoms with Crippen LogP contribution < -0.4 is 0 Å². The molecule has 26 heavy (non-hydrogen) atoms. The molecule has 136 valence electrons. The van der Waals surface area contributed by atoms with Crippen molar-refractivity contribution in [1.82, 2.24) is 4.90 Å². The molecule has 0 saturated carbocycles. The summed E-state index contributed by atoms with van der Waals surface area (Å²) in [6.45, 7) is 5.23. The number of aldehydes is 1. The smallest absolute Gasteiger partial charge is 0.121 e. The number of nitrogens with zero attached hydrogens (tertiary/aromatic N) is 1. The monoisotopic (exact) mass is 367 g/mol. The van der Waals surface area contributed by atoms with Crippen molar-refractivity contribution in [3.63, 3.8) is 0 Å². The van der Waals surface area contributed by atoms with Crippen LogP contribution in [0.2, 0.25) is 0 Å². The summed E-state index contributed by atoms with van der Waals surface area (Å²) in [7, 11) is 0. The first kappa shape index (κ1) is 20.2. The number of benzene rings is 3. The molecule has 0 aromatic heterocycles. The molecule has 3 rings (SSSR count). The maximum absolute atomic E-state index is 11.5. The van der Waals surface area contributed by atoms with Gasteiger partial charge in [-0.15, -0.1) is 12.4 Å². The Balaban J connectivity index is 0.00000243. The zero-order valence-electron chi connectivity index (χ0n) is 15.3. The molecule has 0 aliphatic carbocycles. The van der Waals surface area contributed by atoms with Crippen LogP contribution in [-0.4, -0.2) is 17.2 Å². The molecule has 0 aliphatic heterocycles. The van der Waals surface area contributed by atoms with Crippen molar-refractivity contribution in [2.75, 3.05) is 0 Å². The van der Waals surface area contributed by atoms with Gasteiger partial charge in [0.2, 0.25) is 0 Å². The minimum atomic E-state index is 0. The van der Waals surface area contributed by atoms with Gasteiger partial charge in [-0.1, -0.05) is 72.8 Å². The van der Waals surface area contributed by atoms with Gasteiger partial charge in [-0.05, 0) is 35.7 Å². The van der Waals surface area contributed by atoms with E-state index >= 15 is 0 Å². The average molecular weight is 368 g/mol. The standard InChI is InChI=1S/C23H25NO.ClH/c1-18(2)24(17-19-9-4-3-5-10-19)23(15-16-25)22-14-8-12-20-11-6-7-13-21(20)22;/h3-14,16,18,23H,15,17H2,1-2H3;1H. The molecule has 0 aliphatic rings. The number of fused-ring (bicyclic) bond motifs is 1. The lowest BCUT2D eigenvalue weighted by atomic mass is 9.94. The van der Waals surface area contributed by atoms with Crippen molar-refractivity contribution in [3.8, 4) is 0 Å². The Hall–Kier alpha value is -2.16. The Morgan fingerprint density at radius 2 is 1.54 bits per heavy atom. The molecular weight excluding hydrogens is 342 g/mol. The quantitative estimate of drug-likeness (QED) is 0.491. The second kappa shape index (κ2) is 9.51. The van der Waals surface area contributed by atoms with Crippen molar-refractivity contribution in [3.05, 3.63) is 83.9 Å². The highest BCUT2D eigenvalue weighted by molar-refractivity contribution is 5.86. The van der Waals surface area contributed by atoms with Gasteiger partial charge in [0.05, 0.1) is 0 Å². The van der Waals surface area contributed by atoms with Crippen molar-refractivity contribution in [1.29, 1.82) is 0 Å². The molecule has 1 atom stereocenters. The second-order valence-electron chi connectivity index (χ2n) is 6.74. The zero-order chi connectivity index (χ0) is 17.6. The van der Waals surface area contributed by atoms with Gasteiger partial charge >= 0.3 is 0 Å². The van der Waals surface area contributed by atoms with Crippen LogP contribution in [0.1, 0.15) is 37.4 Å². The fourth-order valence-corrected chi connectivity index (χ4v) is 3.52. The molecular formula is C23H26ClNO. The van der Waals surface area contributed by atoms with Crippen molar-refractivity contribution >= 4 is 29.5 Å². The molecule has 3 aromatic carbocycles. The third-order valence-corrected chi connectivity index (χ3v) is 4.77. The molecule has 1 unspecified atom stereocenters. The Bertz CT molecular complexity index is 826. The van der Waals surface area contributed by atoms with Crippen LogP contribution in [0.15, 0.2) is 72.8 Å². The molecule has 3 aromatic rings. The highest BCUT2D eigenvalue weighted by Gasteiger charge is 2.24. The number of hydrogen-bond donors (Lipinski definition) is 0. The van der Waals surface area contributed by atoms with Crippen molar-refractivity contribution in [2.45, 2.75) is 38.9 Å². The van der Waals surface area contributed by atoms with E-state index in [1.54, 1.807) is 0 Å². The first-order chi connectivity index (χ1) is 12.2. The summed E-state index contributed by atoms with van der Waals surface area (Å²) in [6, 6.07) is 25.7. The fraction of sp³-hybridized carbons (Fsp3) is 0.261. The van der Waals surface area contributed by atoms with Crippen LogP contribution in [0.25, 0.3) is 10.8 Å². The third kappa shape index (κ3) is 4.51. The lowest BCUT2D eigenvalue weighted by molar-refractivity contribution is -0.109. The van der Waals surface area contributed by atoms with E-state index in [1.807, 2.05) is 6.07 Å². The Kier molecular flexibility index (Phi) is 7.38. The summed E-state index contributed by atoms with van der Waals surface area (Å²) in [5.74, 6) is 0. The second-order valence-corrected chi connectivity index (χ2v) is 6.74. The minimum absolute atomic E-state index is 0. The average Bonchev–Trinajstić information content (AvgIpc) is 2.65. The molecule has 2 nitrogen and oxygen atoms in total. The number of rotatable bonds is 7. The summed E-state index contributed by atoms with van der Waals surface area (Å²) < 4.78 is 0. The number of carbonyl (C=O) groups is 1. The topological polar surface area (TPSA) is 20.3 Å². The molecule has 0 bridgehead atoms. The fourth-order valence-electron chi connectivity index (χ4n) is 3.52. The Morgan fingerprint density at radius 1 is 0.885 bits per heavy atom. The maximum Gasteiger partial charge on any atom is 0.121 e. The predicted molar refractivity (Wildman–Crippen MR) is 112 cm³/mol. The molecule has 0 saturated heterocycles. The Labute approximate surface area is 162 Å². The van der Waals surface area contributed by atoms with Gasteiger partial charge in [-0.3, -0.25) is 4.90 Å². The van der Waals surface area contributed by atoms with Crippen LogP contribution in [0.5, 0.6) is 0 Å². The predicted octanol–water partition coefficient (Wildman–Crippen LogP) is 5.80. The molecule has 0 heterocycles. The van der Waals surface area contributed by atoms with Crippen LogP contribution in [-0.2, 0) is 11.3 Å². The summed E-state index contributed by atoms with van der Waals surface area (Å²) in [5.41, 5.74) is 2.50. The van der Waals surface area contributed by atoms with Crippen LogP contribution in [0, 0.1) is 0 Å². The van der Waals surface area contributed by atoms with E-state index in [-0.39, 0.29) is 18.4 Å². The van der Waals surface area contributed by atoms with E-state index in [0.717, 1.165) is 12.8 Å². The first-order valence-electron chi connectivity index (χ1n) is 8.91. The normalized spacial score (nSPS) is 12.2. The summed E-state index contributed by atoms with van der Waals surface area (Å²) in [6.07, 6.45) is 1.55. The summed E-state index contributed by atoms with van der Waals surface area (Å²) in [5, 5.41) is 2.45. The number of carbonyl (C=O) groups excluding carboxylic acids is 1. The summed E-state index contributed by atoms with van der Waals surface area (Å²) in [4.78, 5) is 13.9. The van der Waals surface area contributed by atoms with Crippen molar-refractivity contribution < 1.29 is 4.79 Å². The van der Waals surface area contributed by atoms with Gasteiger partial charge in [0.1, 0.15) is 6.29 Å². The maximum atomic E-state index is 11.5. The van der Waals surface area contributed by atoms with E-state index in [4.69, 9.17) is 0 Å². The highest BCUT2D eigenvalue weighted by Crippen LogP contribution is 2.32. The van der Waals surface area contributed by atoms with Crippen LogP contribution in [0.3, 0.4) is 0 Å². The highest BCUT2D eigenvalue weighted by atomic mass is 35.5. The van der Waals surface area contributed by atoms with Gasteiger partial charge in [-0.2, -0.15) is 0 Å². The first-order valence-corrected chi connectivity index (χ1v) is 8.91. The van der Waals surface area contributed by atoms with Crippen LogP contribution in [0.4, 0.5) is 0 Å². The van der Waals surface area contributed by atoms with Crippen LogP contribution >= 0.6 is 12.4 Å². The lowest BCUT2D eigenvalue weighted by Crippen LogP contribution is -2.34. The molecule has 3 heteroatoms. The van der Waals surface area contributed by atoms with Gasteiger partial charge in [0.15, 0.2) is 0 Å². The van der Waals surface area contributed by atoms with Gasteiger partial charge in [-0.25, -0.2) is 0 Å². The van der Waals surface area contributed by atoms with Gasteiger partial charge < -0.3 is 4.79 Å². The van der Waals surface area contributed by atoms with E-state index in [9.17, 15) is 4.79 Å². The minimum Gasteiger partial charge on any atom is -0.303 e. The van der Waals surface area contributed by atoms with Crippen molar-refractivity contribution in [2.24, 2.45) is 0 Å². The lowest BCUT2D eigenvalue weighted by Gasteiger charge is -2.35. The zero-order valence-corrected chi connectivity index (χ0v) is 16.2. The number of hydrogen-bond acceptors (Lipinski definition) is 2. The molecule has 0 radical (unpaired) electrons. The Morgan fingerprint density at radius 3 is 2.23 bits per heavy atom. The molecule has 0 fully saturated rings. The molecule has 0 N–H and O–H groups in total. The SMILES string of the molecule is CC(C)N(Cc1ccccc1)C(CC=O)c1cccc2ccccc12.Cl. The van der Waals surface area contributed by atoms with E-state index in [0.29, 0.717) is 12.5 Å².